The highest BCUT2D eigenvalue weighted by Gasteiger charge is 2.16. The van der Waals surface area contributed by atoms with Crippen molar-refractivity contribution in [3.8, 4) is 17.3 Å². The van der Waals surface area contributed by atoms with E-state index in [2.05, 4.69) is 31.1 Å². The molecular weight excluding hydrogens is 336 g/mol. The van der Waals surface area contributed by atoms with Gasteiger partial charge in [0.05, 0.1) is 13.2 Å². The van der Waals surface area contributed by atoms with E-state index in [1.165, 1.54) is 0 Å². The molecule has 0 saturated carbocycles. The molecule has 2 aromatic heterocycles. The number of aromatic amines is 1. The minimum Gasteiger partial charge on any atom is -0.497 e. The topological polar surface area (TPSA) is 90.0 Å². The minimum atomic E-state index is -0.393. The van der Waals surface area contributed by atoms with Gasteiger partial charge in [0.2, 0.25) is 5.82 Å². The zero-order valence-electron chi connectivity index (χ0n) is 11.2. The number of methoxy groups -OCH3 is 1. The van der Waals surface area contributed by atoms with Gasteiger partial charge in [-0.1, -0.05) is 12.1 Å². The number of nitrogens with two attached hydrogens (primary N) is 1. The molecule has 1 aromatic carbocycles. The SMILES string of the molecule is COc1ccc([C@H](N)c2nc(-c3ccc(Br)o3)n[nH]2)cc1. The third kappa shape index (κ3) is 2.84. The van der Waals surface area contributed by atoms with Crippen molar-refractivity contribution in [1.29, 1.82) is 0 Å². The van der Waals surface area contributed by atoms with E-state index in [9.17, 15) is 0 Å². The monoisotopic (exact) mass is 348 g/mol. The van der Waals surface area contributed by atoms with Gasteiger partial charge in [0.1, 0.15) is 11.6 Å². The normalized spacial score (nSPS) is 12.3. The smallest absolute Gasteiger partial charge is 0.217 e. The highest BCUT2D eigenvalue weighted by molar-refractivity contribution is 9.10. The van der Waals surface area contributed by atoms with Gasteiger partial charge in [0.25, 0.3) is 0 Å². The van der Waals surface area contributed by atoms with Crippen molar-refractivity contribution in [2.75, 3.05) is 7.11 Å². The molecule has 0 fully saturated rings. The Morgan fingerprint density at radius 2 is 2.00 bits per heavy atom. The molecule has 0 aliphatic rings. The number of hydrogen-bond donors (Lipinski definition) is 2. The second-order valence-electron chi connectivity index (χ2n) is 4.40. The summed E-state index contributed by atoms with van der Waals surface area (Å²) in [5.41, 5.74) is 7.11. The molecule has 3 rings (SSSR count). The Kier molecular flexibility index (Phi) is 3.76. The summed E-state index contributed by atoms with van der Waals surface area (Å²) in [7, 11) is 1.62. The van der Waals surface area contributed by atoms with Gasteiger partial charge in [-0.05, 0) is 45.8 Å². The molecule has 21 heavy (non-hydrogen) atoms. The van der Waals surface area contributed by atoms with Gasteiger partial charge in [-0.2, -0.15) is 0 Å². The van der Waals surface area contributed by atoms with Crippen LogP contribution in [0, 0.1) is 0 Å². The number of ether oxygens (including phenoxy) is 1. The maximum Gasteiger partial charge on any atom is 0.217 e. The van der Waals surface area contributed by atoms with E-state index in [4.69, 9.17) is 14.9 Å². The predicted molar refractivity (Wildman–Crippen MR) is 80.8 cm³/mol. The third-order valence-electron chi connectivity index (χ3n) is 3.07. The summed E-state index contributed by atoms with van der Waals surface area (Å²) in [4.78, 5) is 4.38. The van der Waals surface area contributed by atoms with Crippen molar-refractivity contribution in [3.05, 3.63) is 52.5 Å². The first-order valence-electron chi connectivity index (χ1n) is 6.25. The molecule has 0 radical (unpaired) electrons. The fraction of sp³-hybridized carbons (Fsp3) is 0.143. The molecule has 1 atom stereocenters. The summed E-state index contributed by atoms with van der Waals surface area (Å²) in [5.74, 6) is 2.40. The number of halogens is 1. The van der Waals surface area contributed by atoms with Gasteiger partial charge < -0.3 is 14.9 Å². The van der Waals surface area contributed by atoms with Crippen molar-refractivity contribution in [1.82, 2.24) is 15.2 Å². The van der Waals surface area contributed by atoms with Crippen LogP contribution in [0.5, 0.6) is 5.75 Å². The molecule has 108 valence electrons. The molecule has 0 bridgehead atoms. The maximum absolute atomic E-state index is 6.19. The zero-order chi connectivity index (χ0) is 14.8. The van der Waals surface area contributed by atoms with E-state index in [1.807, 2.05) is 24.3 Å². The Balaban J connectivity index is 1.84. The maximum atomic E-state index is 6.19. The Bertz CT molecular complexity index is 736. The van der Waals surface area contributed by atoms with Crippen molar-refractivity contribution in [2.24, 2.45) is 5.73 Å². The number of benzene rings is 1. The van der Waals surface area contributed by atoms with E-state index >= 15 is 0 Å². The summed E-state index contributed by atoms with van der Waals surface area (Å²) in [6.07, 6.45) is 0. The lowest BCUT2D eigenvalue weighted by molar-refractivity contribution is 0.414. The van der Waals surface area contributed by atoms with Crippen molar-refractivity contribution in [2.45, 2.75) is 6.04 Å². The molecule has 0 amide bonds. The molecule has 0 saturated heterocycles. The first-order chi connectivity index (χ1) is 10.2. The van der Waals surface area contributed by atoms with Crippen LogP contribution in [0.15, 0.2) is 45.5 Å². The first-order valence-corrected chi connectivity index (χ1v) is 7.04. The molecule has 7 heteroatoms. The van der Waals surface area contributed by atoms with E-state index in [1.54, 1.807) is 19.2 Å². The molecule has 0 aliphatic heterocycles. The Labute approximate surface area is 129 Å². The largest absolute Gasteiger partial charge is 0.497 e. The number of nitrogens with zero attached hydrogens (tertiary/aromatic N) is 2. The highest BCUT2D eigenvalue weighted by Crippen LogP contribution is 2.24. The number of hydrogen-bond acceptors (Lipinski definition) is 5. The Morgan fingerprint density at radius 3 is 2.62 bits per heavy atom. The molecule has 0 spiro atoms. The molecule has 0 unspecified atom stereocenters. The van der Waals surface area contributed by atoms with Gasteiger partial charge in [-0.3, -0.25) is 5.10 Å². The van der Waals surface area contributed by atoms with Crippen LogP contribution in [0.3, 0.4) is 0 Å². The number of furan rings is 1. The van der Waals surface area contributed by atoms with Gasteiger partial charge in [0.15, 0.2) is 10.4 Å². The highest BCUT2D eigenvalue weighted by atomic mass is 79.9. The zero-order valence-corrected chi connectivity index (χ0v) is 12.8. The van der Waals surface area contributed by atoms with Crippen molar-refractivity contribution >= 4 is 15.9 Å². The van der Waals surface area contributed by atoms with Gasteiger partial charge in [-0.15, -0.1) is 5.10 Å². The number of nitrogens with one attached hydrogen (secondary N) is 1. The quantitative estimate of drug-likeness (QED) is 0.756. The molecule has 6 nitrogen and oxygen atoms in total. The van der Waals surface area contributed by atoms with Crippen LogP contribution in [0.1, 0.15) is 17.4 Å². The number of aromatic nitrogens is 3. The van der Waals surface area contributed by atoms with E-state index in [0.717, 1.165) is 11.3 Å². The average molecular weight is 349 g/mol. The Hall–Kier alpha value is -2.12. The van der Waals surface area contributed by atoms with Crippen LogP contribution >= 0.6 is 15.9 Å². The molecule has 3 N–H and O–H groups in total. The summed E-state index contributed by atoms with van der Waals surface area (Å²) < 4.78 is 11.2. The Morgan fingerprint density at radius 1 is 1.24 bits per heavy atom. The molecular formula is C14H13BrN4O2. The van der Waals surface area contributed by atoms with Crippen LogP contribution in [-0.4, -0.2) is 22.3 Å². The fourth-order valence-corrected chi connectivity index (χ4v) is 2.23. The van der Waals surface area contributed by atoms with Crippen LogP contribution in [0.2, 0.25) is 0 Å². The van der Waals surface area contributed by atoms with Crippen LogP contribution in [-0.2, 0) is 0 Å². The molecule has 3 aromatic rings. The van der Waals surface area contributed by atoms with Gasteiger partial charge in [0, 0.05) is 0 Å². The van der Waals surface area contributed by atoms with Gasteiger partial charge in [-0.25, -0.2) is 4.98 Å². The van der Waals surface area contributed by atoms with Crippen LogP contribution in [0.25, 0.3) is 11.6 Å². The lowest BCUT2D eigenvalue weighted by Gasteiger charge is -2.09. The fourth-order valence-electron chi connectivity index (χ4n) is 1.93. The lowest BCUT2D eigenvalue weighted by atomic mass is 10.1. The van der Waals surface area contributed by atoms with Crippen LogP contribution < -0.4 is 10.5 Å². The summed E-state index contributed by atoms with van der Waals surface area (Å²) in [6.45, 7) is 0. The van der Waals surface area contributed by atoms with Crippen molar-refractivity contribution in [3.63, 3.8) is 0 Å². The molecule has 0 aliphatic carbocycles. The van der Waals surface area contributed by atoms with E-state index < -0.39 is 6.04 Å². The van der Waals surface area contributed by atoms with Crippen molar-refractivity contribution < 1.29 is 9.15 Å². The average Bonchev–Trinajstić information content (AvgIpc) is 3.15. The third-order valence-corrected chi connectivity index (χ3v) is 3.49. The second-order valence-corrected chi connectivity index (χ2v) is 5.18. The lowest BCUT2D eigenvalue weighted by Crippen LogP contribution is -2.13. The van der Waals surface area contributed by atoms with E-state index in [-0.39, 0.29) is 0 Å². The number of rotatable bonds is 4. The van der Waals surface area contributed by atoms with E-state index in [0.29, 0.717) is 22.1 Å². The summed E-state index contributed by atoms with van der Waals surface area (Å²) >= 11 is 3.25. The van der Waals surface area contributed by atoms with Gasteiger partial charge >= 0.3 is 0 Å². The number of H-pyrrole nitrogens is 1. The molecule has 2 heterocycles. The predicted octanol–water partition coefficient (Wildman–Crippen LogP) is 2.88. The minimum absolute atomic E-state index is 0.393. The summed E-state index contributed by atoms with van der Waals surface area (Å²) in [6, 6.07) is 10.7. The second kappa shape index (κ2) is 5.71. The standard InChI is InChI=1S/C14H13BrN4O2/c1-20-9-4-2-8(3-5-9)12(16)14-17-13(18-19-14)10-6-7-11(15)21-10/h2-7,12H,16H2,1H3,(H,17,18,19)/t12-/m0/s1. The summed E-state index contributed by atoms with van der Waals surface area (Å²) in [5, 5.41) is 6.97. The first kappa shape index (κ1) is 13.8. The van der Waals surface area contributed by atoms with Crippen LogP contribution in [0.4, 0.5) is 0 Å².